The van der Waals surface area contributed by atoms with Crippen LogP contribution in [0.1, 0.15) is 37.7 Å². The maximum Gasteiger partial charge on any atom is 0.224 e. The van der Waals surface area contributed by atoms with Gasteiger partial charge < -0.3 is 19.7 Å². The Balaban J connectivity index is 1.57. The summed E-state index contributed by atoms with van der Waals surface area (Å²) in [5, 5.41) is 3.37. The van der Waals surface area contributed by atoms with E-state index < -0.39 is 0 Å². The molecule has 2 fully saturated rings. The summed E-state index contributed by atoms with van der Waals surface area (Å²) in [6.07, 6.45) is 5.57. The molecule has 26 heavy (non-hydrogen) atoms. The van der Waals surface area contributed by atoms with Crippen LogP contribution in [-0.2, 0) is 20.7 Å². The summed E-state index contributed by atoms with van der Waals surface area (Å²) in [5.74, 6) is 0.117. The number of methoxy groups -OCH3 is 1. The number of nitrogens with one attached hydrogen (secondary N) is 1. The van der Waals surface area contributed by atoms with Crippen molar-refractivity contribution < 1.29 is 14.3 Å². The van der Waals surface area contributed by atoms with Gasteiger partial charge in [-0.25, -0.2) is 0 Å². The normalized spacial score (nSPS) is 21.4. The molecule has 0 spiro atoms. The molecule has 1 N–H and O–H groups in total. The largest absolute Gasteiger partial charge is 0.385 e. The predicted octanol–water partition coefficient (Wildman–Crippen LogP) is 2.40. The highest BCUT2D eigenvalue weighted by atomic mass is 16.5. The molecular weight excluding hydrogens is 328 g/mol. The van der Waals surface area contributed by atoms with E-state index in [9.17, 15) is 4.79 Å². The van der Waals surface area contributed by atoms with E-state index >= 15 is 0 Å². The van der Waals surface area contributed by atoms with Crippen LogP contribution in [0.15, 0.2) is 30.3 Å². The van der Waals surface area contributed by atoms with Gasteiger partial charge in [0.1, 0.15) is 0 Å². The van der Waals surface area contributed by atoms with Crippen LogP contribution in [0.25, 0.3) is 0 Å². The van der Waals surface area contributed by atoms with Crippen molar-refractivity contribution in [3.8, 4) is 0 Å². The lowest BCUT2D eigenvalue weighted by molar-refractivity contribution is -0.123. The number of carbonyl (C=O) groups excluding carboxylic acids is 1. The number of nitrogens with zero attached hydrogens (tertiary/aromatic N) is 1. The lowest BCUT2D eigenvalue weighted by Gasteiger charge is -2.45. The number of ether oxygens (including phenoxy) is 2. The molecule has 2 aliphatic heterocycles. The number of hydrogen-bond acceptors (Lipinski definition) is 4. The van der Waals surface area contributed by atoms with Crippen LogP contribution in [-0.4, -0.2) is 62.4 Å². The van der Waals surface area contributed by atoms with Crippen LogP contribution in [0.3, 0.4) is 0 Å². The van der Waals surface area contributed by atoms with E-state index in [1.807, 2.05) is 30.3 Å². The van der Waals surface area contributed by atoms with E-state index in [1.165, 1.54) is 0 Å². The Morgan fingerprint density at radius 1 is 1.23 bits per heavy atom. The highest BCUT2D eigenvalue weighted by Crippen LogP contribution is 2.29. The van der Waals surface area contributed by atoms with Crippen LogP contribution in [0.2, 0.25) is 0 Å². The Hall–Kier alpha value is -1.43. The monoisotopic (exact) mass is 360 g/mol. The van der Waals surface area contributed by atoms with Gasteiger partial charge in [-0.3, -0.25) is 4.79 Å². The Morgan fingerprint density at radius 3 is 2.58 bits per heavy atom. The summed E-state index contributed by atoms with van der Waals surface area (Å²) in [6, 6.07) is 10.6. The fraction of sp³-hybridized carbons (Fsp3) is 0.667. The zero-order valence-electron chi connectivity index (χ0n) is 15.9. The summed E-state index contributed by atoms with van der Waals surface area (Å²) in [4.78, 5) is 15.2. The first kappa shape index (κ1) is 19.3. The minimum atomic E-state index is -0.135. The topological polar surface area (TPSA) is 50.8 Å². The summed E-state index contributed by atoms with van der Waals surface area (Å²) >= 11 is 0. The van der Waals surface area contributed by atoms with Gasteiger partial charge in [-0.1, -0.05) is 30.3 Å². The Kier molecular flexibility index (Phi) is 7.06. The zero-order chi connectivity index (χ0) is 18.2. The van der Waals surface area contributed by atoms with Crippen molar-refractivity contribution in [3.05, 3.63) is 35.9 Å². The SMILES string of the molecule is COCCC1(NC(=O)Cc2ccccc2)CCN(C2CCOCC2)CC1. The van der Waals surface area contributed by atoms with Gasteiger partial charge in [-0.15, -0.1) is 0 Å². The second-order valence-electron chi connectivity index (χ2n) is 7.61. The van der Waals surface area contributed by atoms with Gasteiger partial charge in [0.2, 0.25) is 5.91 Å². The summed E-state index contributed by atoms with van der Waals surface area (Å²) < 4.78 is 10.8. The highest BCUT2D eigenvalue weighted by Gasteiger charge is 2.37. The maximum absolute atomic E-state index is 12.7. The lowest BCUT2D eigenvalue weighted by Crippen LogP contribution is -2.58. The minimum Gasteiger partial charge on any atom is -0.385 e. The molecule has 0 aromatic heterocycles. The first-order valence-corrected chi connectivity index (χ1v) is 9.86. The Bertz CT molecular complexity index is 550. The predicted molar refractivity (Wildman–Crippen MR) is 102 cm³/mol. The molecule has 1 aromatic carbocycles. The average molecular weight is 360 g/mol. The third kappa shape index (κ3) is 5.29. The molecular formula is C21H32N2O3. The molecule has 5 heteroatoms. The van der Waals surface area contributed by atoms with Gasteiger partial charge in [0.25, 0.3) is 0 Å². The van der Waals surface area contributed by atoms with Crippen LogP contribution in [0, 0.1) is 0 Å². The summed E-state index contributed by atoms with van der Waals surface area (Å²) in [7, 11) is 1.73. The van der Waals surface area contributed by atoms with Crippen LogP contribution in [0.5, 0.6) is 0 Å². The standard InChI is InChI=1S/C21H32N2O3/c1-25-16-11-21(22-20(24)17-18-5-3-2-4-6-18)9-12-23(13-10-21)19-7-14-26-15-8-19/h2-6,19H,7-17H2,1H3,(H,22,24). The molecule has 2 heterocycles. The quantitative estimate of drug-likeness (QED) is 0.811. The molecule has 5 nitrogen and oxygen atoms in total. The van der Waals surface area contributed by atoms with Gasteiger partial charge in [-0.05, 0) is 37.7 Å². The van der Waals surface area contributed by atoms with Crippen molar-refractivity contribution >= 4 is 5.91 Å². The van der Waals surface area contributed by atoms with E-state index in [4.69, 9.17) is 9.47 Å². The van der Waals surface area contributed by atoms with Crippen LogP contribution in [0.4, 0.5) is 0 Å². The molecule has 1 aromatic rings. The number of rotatable bonds is 7. The number of likely N-dealkylation sites (tertiary alicyclic amines) is 1. The van der Waals surface area contributed by atoms with Crippen molar-refractivity contribution in [1.82, 2.24) is 10.2 Å². The summed E-state index contributed by atoms with van der Waals surface area (Å²) in [5.41, 5.74) is 0.926. The smallest absolute Gasteiger partial charge is 0.224 e. The van der Waals surface area contributed by atoms with E-state index in [0.717, 1.165) is 64.0 Å². The number of hydrogen-bond donors (Lipinski definition) is 1. The second kappa shape index (κ2) is 9.49. The van der Waals surface area contributed by atoms with Crippen molar-refractivity contribution in [2.24, 2.45) is 0 Å². The maximum atomic E-state index is 12.7. The molecule has 0 radical (unpaired) electrons. The molecule has 0 saturated carbocycles. The third-order valence-electron chi connectivity index (χ3n) is 5.86. The molecule has 0 unspecified atom stereocenters. The van der Waals surface area contributed by atoms with Gasteiger partial charge in [0, 0.05) is 51.6 Å². The number of benzene rings is 1. The average Bonchev–Trinajstić information content (AvgIpc) is 2.68. The molecule has 2 aliphatic rings. The van der Waals surface area contributed by atoms with E-state index in [0.29, 0.717) is 19.1 Å². The van der Waals surface area contributed by atoms with Crippen LogP contribution >= 0.6 is 0 Å². The number of amides is 1. The highest BCUT2D eigenvalue weighted by molar-refractivity contribution is 5.79. The second-order valence-corrected chi connectivity index (χ2v) is 7.61. The van der Waals surface area contributed by atoms with E-state index in [1.54, 1.807) is 7.11 Å². The first-order chi connectivity index (χ1) is 12.7. The van der Waals surface area contributed by atoms with Crippen molar-refractivity contribution in [1.29, 1.82) is 0 Å². The van der Waals surface area contributed by atoms with Crippen molar-refractivity contribution in [2.75, 3.05) is 40.0 Å². The molecule has 1 amide bonds. The molecule has 0 aliphatic carbocycles. The van der Waals surface area contributed by atoms with Gasteiger partial charge in [0.05, 0.1) is 6.42 Å². The summed E-state index contributed by atoms with van der Waals surface area (Å²) in [6.45, 7) is 4.52. The number of piperidine rings is 1. The van der Waals surface area contributed by atoms with Gasteiger partial charge in [0.15, 0.2) is 0 Å². The minimum absolute atomic E-state index is 0.117. The zero-order valence-corrected chi connectivity index (χ0v) is 15.9. The molecule has 144 valence electrons. The lowest BCUT2D eigenvalue weighted by atomic mass is 9.83. The van der Waals surface area contributed by atoms with Gasteiger partial charge >= 0.3 is 0 Å². The Labute approximate surface area is 157 Å². The molecule has 2 saturated heterocycles. The van der Waals surface area contributed by atoms with E-state index in [2.05, 4.69) is 10.2 Å². The molecule has 0 bridgehead atoms. The molecule has 3 rings (SSSR count). The van der Waals surface area contributed by atoms with Crippen molar-refractivity contribution in [3.63, 3.8) is 0 Å². The number of carbonyl (C=O) groups is 1. The van der Waals surface area contributed by atoms with Gasteiger partial charge in [-0.2, -0.15) is 0 Å². The van der Waals surface area contributed by atoms with Crippen LogP contribution < -0.4 is 5.32 Å². The fourth-order valence-corrected chi connectivity index (χ4v) is 4.22. The molecule has 0 atom stereocenters. The van der Waals surface area contributed by atoms with E-state index in [-0.39, 0.29) is 11.4 Å². The van der Waals surface area contributed by atoms with Crippen molar-refractivity contribution in [2.45, 2.75) is 50.1 Å². The Morgan fingerprint density at radius 2 is 1.92 bits per heavy atom. The first-order valence-electron chi connectivity index (χ1n) is 9.86. The fourth-order valence-electron chi connectivity index (χ4n) is 4.22. The third-order valence-corrected chi connectivity index (χ3v) is 5.86.